The molecule has 0 aliphatic heterocycles. The highest BCUT2D eigenvalue weighted by Gasteiger charge is 2.31. The van der Waals surface area contributed by atoms with Gasteiger partial charge in [-0.1, -0.05) is 134 Å². The van der Waals surface area contributed by atoms with Crippen LogP contribution in [0.4, 0.5) is 0 Å². The second kappa shape index (κ2) is 10.6. The zero-order valence-corrected chi connectivity index (χ0v) is 24.2. The Morgan fingerprint density at radius 2 is 1.05 bits per heavy atom. The fraction of sp³-hybridized carbons (Fsp3) is 0.0976. The van der Waals surface area contributed by atoms with E-state index >= 15 is 0 Å². The first kappa shape index (κ1) is 25.5. The number of para-hydroxylation sites is 2. The number of fused-ring (bicyclic) bond motifs is 3. The van der Waals surface area contributed by atoms with Crippen molar-refractivity contribution in [3.8, 4) is 16.8 Å². The minimum Gasteiger partial charge on any atom is -0.296 e. The number of aromatic nitrogens is 2. The molecule has 206 valence electrons. The number of imidazole rings is 1. The van der Waals surface area contributed by atoms with E-state index in [4.69, 9.17) is 4.98 Å². The molecule has 0 fully saturated rings. The Labute approximate surface area is 252 Å². The minimum absolute atomic E-state index is 0.259. The molecule has 2 atom stereocenters. The maximum atomic E-state index is 4.90. The zero-order valence-electron chi connectivity index (χ0n) is 24.2. The van der Waals surface area contributed by atoms with Crippen molar-refractivity contribution in [2.24, 2.45) is 11.8 Å². The van der Waals surface area contributed by atoms with E-state index in [2.05, 4.69) is 163 Å². The van der Waals surface area contributed by atoms with Crippen LogP contribution in [0.25, 0.3) is 39.0 Å². The maximum absolute atomic E-state index is 4.90. The first-order valence-electron chi connectivity index (χ1n) is 15.2. The van der Waals surface area contributed by atoms with Gasteiger partial charge in [0.25, 0.3) is 0 Å². The van der Waals surface area contributed by atoms with Crippen LogP contribution in [-0.4, -0.2) is 9.55 Å². The van der Waals surface area contributed by atoms with Gasteiger partial charge >= 0.3 is 0 Å². The highest BCUT2D eigenvalue weighted by atomic mass is 15.1. The highest BCUT2D eigenvalue weighted by Crippen LogP contribution is 2.40. The number of allylic oxidation sites excluding steroid dienone is 4. The van der Waals surface area contributed by atoms with Crippen molar-refractivity contribution >= 4 is 22.2 Å². The summed E-state index contributed by atoms with van der Waals surface area (Å²) in [7, 11) is 0. The number of benzene rings is 5. The predicted octanol–water partition coefficient (Wildman–Crippen LogP) is 8.02. The normalized spacial score (nSPS) is 17.2. The van der Waals surface area contributed by atoms with Crippen molar-refractivity contribution < 1.29 is 0 Å². The van der Waals surface area contributed by atoms with E-state index in [1.807, 2.05) is 0 Å². The second-order valence-corrected chi connectivity index (χ2v) is 11.4. The fourth-order valence-corrected chi connectivity index (χ4v) is 7.03. The van der Waals surface area contributed by atoms with Gasteiger partial charge in [0, 0.05) is 23.9 Å². The maximum Gasteiger partial charge on any atom is 0.114 e. The van der Waals surface area contributed by atoms with Crippen molar-refractivity contribution in [3.05, 3.63) is 179 Å². The molecule has 0 bridgehead atoms. The summed E-state index contributed by atoms with van der Waals surface area (Å²) in [6.45, 7) is 2.17. The van der Waals surface area contributed by atoms with Crippen LogP contribution < -0.4 is 10.4 Å². The molecule has 43 heavy (non-hydrogen) atoms. The molecule has 0 amide bonds. The molecule has 2 unspecified atom stereocenters. The summed E-state index contributed by atoms with van der Waals surface area (Å²) < 4.78 is 2.30. The molecular weight excluding hydrogens is 520 g/mol. The molecule has 0 N–H and O–H groups in total. The average Bonchev–Trinajstić information content (AvgIpc) is 3.47. The molecule has 2 heteroatoms. The third-order valence-electron chi connectivity index (χ3n) is 8.99. The molecule has 2 aliphatic rings. The lowest BCUT2D eigenvalue weighted by molar-refractivity contribution is 0.686. The van der Waals surface area contributed by atoms with Crippen LogP contribution in [0.1, 0.15) is 23.9 Å². The molecule has 2 nitrogen and oxygen atoms in total. The van der Waals surface area contributed by atoms with Crippen molar-refractivity contribution in [3.63, 3.8) is 0 Å². The van der Waals surface area contributed by atoms with E-state index in [1.54, 1.807) is 0 Å². The lowest BCUT2D eigenvalue weighted by atomic mass is 9.70. The largest absolute Gasteiger partial charge is 0.296 e. The molecule has 0 saturated heterocycles. The average molecular weight is 553 g/mol. The van der Waals surface area contributed by atoms with Crippen molar-refractivity contribution in [2.45, 2.75) is 13.3 Å². The molecule has 1 aromatic heterocycles. The van der Waals surface area contributed by atoms with Crippen molar-refractivity contribution in [1.82, 2.24) is 9.55 Å². The summed E-state index contributed by atoms with van der Waals surface area (Å²) >= 11 is 0. The third kappa shape index (κ3) is 4.30. The van der Waals surface area contributed by atoms with Crippen LogP contribution in [-0.2, 0) is 6.42 Å². The Hall–Kier alpha value is -5.21. The number of nitrogens with zero attached hydrogens (tertiary/aromatic N) is 2. The summed E-state index contributed by atoms with van der Waals surface area (Å²) in [5.41, 5.74) is 11.2. The molecule has 0 saturated carbocycles. The highest BCUT2D eigenvalue weighted by molar-refractivity contribution is 5.82. The molecule has 5 aromatic carbocycles. The van der Waals surface area contributed by atoms with Gasteiger partial charge in [-0.3, -0.25) is 4.57 Å². The van der Waals surface area contributed by atoms with Crippen LogP contribution in [0.3, 0.4) is 0 Å². The number of hydrogen-bond acceptors (Lipinski definition) is 1. The first-order chi connectivity index (χ1) is 21.3. The standard InChI is InChI=1S/C41H32N2/c1-2-39-42-37-18-10-11-19-38(37)43(39)32-26-24-31(25-27-32)41-35-16-8-6-14-33(35)40(34-15-7-9-17-36(34)41)30-22-20-29(21-23-30)28-12-4-3-5-13-28/h3-27,33,35H,2H2,1H3. The Morgan fingerprint density at radius 3 is 1.67 bits per heavy atom. The lowest BCUT2D eigenvalue weighted by Crippen LogP contribution is -2.40. The number of rotatable bonds is 5. The van der Waals surface area contributed by atoms with Crippen LogP contribution in [0, 0.1) is 11.8 Å². The number of aryl methyl sites for hydroxylation is 1. The van der Waals surface area contributed by atoms with E-state index in [-0.39, 0.29) is 11.8 Å². The van der Waals surface area contributed by atoms with E-state index in [0.717, 1.165) is 29.0 Å². The molecular formula is C41H32N2. The second-order valence-electron chi connectivity index (χ2n) is 11.4. The number of hydrogen-bond donors (Lipinski definition) is 0. The zero-order chi connectivity index (χ0) is 28.8. The monoisotopic (exact) mass is 552 g/mol. The summed E-state index contributed by atoms with van der Waals surface area (Å²) in [6.07, 6.45) is 10.1. The molecule has 0 spiro atoms. The van der Waals surface area contributed by atoms with Crippen LogP contribution in [0.15, 0.2) is 152 Å². The van der Waals surface area contributed by atoms with Gasteiger partial charge in [0.1, 0.15) is 5.82 Å². The van der Waals surface area contributed by atoms with Gasteiger partial charge in [-0.15, -0.1) is 0 Å². The van der Waals surface area contributed by atoms with Gasteiger partial charge in [-0.25, -0.2) is 4.98 Å². The topological polar surface area (TPSA) is 17.8 Å². The van der Waals surface area contributed by atoms with E-state index in [9.17, 15) is 0 Å². The fourth-order valence-electron chi connectivity index (χ4n) is 7.03. The van der Waals surface area contributed by atoms with E-state index in [0.29, 0.717) is 0 Å². The molecule has 0 radical (unpaired) electrons. The van der Waals surface area contributed by atoms with Gasteiger partial charge in [0.05, 0.1) is 11.0 Å². The van der Waals surface area contributed by atoms with Crippen LogP contribution in [0.2, 0.25) is 0 Å². The lowest BCUT2D eigenvalue weighted by Gasteiger charge is -2.33. The van der Waals surface area contributed by atoms with Crippen LogP contribution in [0.5, 0.6) is 0 Å². The third-order valence-corrected chi connectivity index (χ3v) is 8.99. The molecule has 8 rings (SSSR count). The SMILES string of the molecule is CCc1nc2ccccc2n1-c1ccc(C2=c3ccccc3=C(c3ccc(-c4ccccc4)cc3)C3C=CC=CC23)cc1. The molecule has 2 aliphatic carbocycles. The smallest absolute Gasteiger partial charge is 0.114 e. The van der Waals surface area contributed by atoms with Gasteiger partial charge in [0.2, 0.25) is 0 Å². The van der Waals surface area contributed by atoms with Gasteiger partial charge < -0.3 is 0 Å². The molecule has 1 heterocycles. The van der Waals surface area contributed by atoms with Gasteiger partial charge in [-0.05, 0) is 68.1 Å². The van der Waals surface area contributed by atoms with Crippen molar-refractivity contribution in [2.75, 3.05) is 0 Å². The Bertz CT molecular complexity index is 2140. The Balaban J connectivity index is 1.29. The van der Waals surface area contributed by atoms with Gasteiger partial charge in [0.15, 0.2) is 0 Å². The Kier molecular flexibility index (Phi) is 6.26. The van der Waals surface area contributed by atoms with E-state index in [1.165, 1.54) is 43.8 Å². The van der Waals surface area contributed by atoms with Crippen molar-refractivity contribution in [1.29, 1.82) is 0 Å². The summed E-state index contributed by atoms with van der Waals surface area (Å²) in [5, 5.41) is 2.64. The van der Waals surface area contributed by atoms with Gasteiger partial charge in [-0.2, -0.15) is 0 Å². The molecule has 6 aromatic rings. The van der Waals surface area contributed by atoms with E-state index < -0.39 is 0 Å². The minimum atomic E-state index is 0.259. The van der Waals surface area contributed by atoms with Crippen LogP contribution >= 0.6 is 0 Å². The predicted molar refractivity (Wildman–Crippen MR) is 178 cm³/mol. The quantitative estimate of drug-likeness (QED) is 0.212. The Morgan fingerprint density at radius 1 is 0.535 bits per heavy atom. The first-order valence-corrected chi connectivity index (χ1v) is 15.2. The summed E-state index contributed by atoms with van der Waals surface area (Å²) in [6, 6.07) is 46.3. The summed E-state index contributed by atoms with van der Waals surface area (Å²) in [4.78, 5) is 4.90. The summed E-state index contributed by atoms with van der Waals surface area (Å²) in [5.74, 6) is 1.61.